The number of nitrogens with zero attached hydrogens (tertiary/aromatic N) is 2. The van der Waals surface area contributed by atoms with Crippen LogP contribution in [0, 0.1) is 6.92 Å². The highest BCUT2D eigenvalue weighted by Crippen LogP contribution is 2.47. The number of rotatable bonds is 9. The van der Waals surface area contributed by atoms with Crippen molar-refractivity contribution in [2.75, 3.05) is 25.5 Å². The van der Waals surface area contributed by atoms with Gasteiger partial charge in [-0.05, 0) is 95.8 Å². The fourth-order valence-electron chi connectivity index (χ4n) is 6.26. The first kappa shape index (κ1) is 33.4. The molecule has 0 atom stereocenters. The average molecular weight is 697 g/mol. The molecule has 0 unspecified atom stereocenters. The number of para-hydroxylation sites is 1. The minimum absolute atomic E-state index is 0.0434. The van der Waals surface area contributed by atoms with Crippen LogP contribution in [-0.4, -0.2) is 37.2 Å². The summed E-state index contributed by atoms with van der Waals surface area (Å²) in [5, 5.41) is 4.10. The second kappa shape index (κ2) is 14.4. The number of hydrogen-bond donors (Lipinski definition) is 0. The van der Waals surface area contributed by atoms with Crippen LogP contribution in [0.25, 0.3) is 21.7 Å². The van der Waals surface area contributed by atoms with Crippen LogP contribution in [0.1, 0.15) is 35.2 Å². The van der Waals surface area contributed by atoms with Crippen molar-refractivity contribution in [2.24, 2.45) is 0 Å². The van der Waals surface area contributed by atoms with E-state index < -0.39 is 0 Å². The van der Waals surface area contributed by atoms with Crippen molar-refractivity contribution in [1.29, 1.82) is 0 Å². The van der Waals surface area contributed by atoms with E-state index in [9.17, 15) is 14.4 Å². The van der Waals surface area contributed by atoms with E-state index in [4.69, 9.17) is 4.42 Å². The standard InChI is InChI=1S/C42H36N2O4S2/c1-27-24-41(47)48-37-26-33(18-19-34(27)37)49-42-29(16-20-36(45)32-15-12-28-8-4-5-9-31(28)25-32)13-14-30(42)17-21-40-44(23-22-39(46)43(2)3)35-10-6-7-11-38(35)50-40/h4-12,15-21,24-26H,13-14,22-23H2,1-3H3/b20-16+,30-17+,40-21-. The zero-order valence-electron chi connectivity index (χ0n) is 28.1. The molecule has 6 nitrogen and oxygen atoms in total. The molecule has 1 aromatic heterocycles. The second-order valence-electron chi connectivity index (χ2n) is 12.6. The SMILES string of the molecule is Cc1cc(=O)oc2cc(SC3=C(/C=C/C(=O)c4ccc5ccccc5c4)CC/C3=C\C=C3/Sc4ccccc4N3CCC(=O)N(C)C)ccc12. The van der Waals surface area contributed by atoms with E-state index in [1.54, 1.807) is 48.6 Å². The minimum Gasteiger partial charge on any atom is -0.423 e. The van der Waals surface area contributed by atoms with Crippen LogP contribution in [0.5, 0.6) is 0 Å². The van der Waals surface area contributed by atoms with Gasteiger partial charge in [0.2, 0.25) is 5.91 Å². The summed E-state index contributed by atoms with van der Waals surface area (Å²) >= 11 is 3.32. The molecule has 0 radical (unpaired) electrons. The molecule has 8 heteroatoms. The molecule has 0 fully saturated rings. The topological polar surface area (TPSA) is 70.8 Å². The van der Waals surface area contributed by atoms with Crippen molar-refractivity contribution in [3.63, 3.8) is 0 Å². The third-order valence-corrected chi connectivity index (χ3v) is 11.3. The van der Waals surface area contributed by atoms with E-state index in [0.717, 1.165) is 71.1 Å². The summed E-state index contributed by atoms with van der Waals surface area (Å²) in [5.74, 6) is 0.0451. The van der Waals surface area contributed by atoms with Crippen molar-refractivity contribution >= 4 is 62.6 Å². The second-order valence-corrected chi connectivity index (χ2v) is 14.7. The summed E-state index contributed by atoms with van der Waals surface area (Å²) < 4.78 is 5.57. The highest BCUT2D eigenvalue weighted by atomic mass is 32.2. The molecule has 2 aliphatic rings. The Hall–Kier alpha value is -5.05. The van der Waals surface area contributed by atoms with Crippen LogP contribution in [0.15, 0.2) is 155 Å². The third-order valence-electron chi connectivity index (χ3n) is 8.97. The summed E-state index contributed by atoms with van der Waals surface area (Å²) in [6.45, 7) is 2.49. The van der Waals surface area contributed by atoms with E-state index >= 15 is 0 Å². The van der Waals surface area contributed by atoms with E-state index in [2.05, 4.69) is 35.3 Å². The van der Waals surface area contributed by atoms with Gasteiger partial charge in [-0.1, -0.05) is 84.2 Å². The lowest BCUT2D eigenvalue weighted by Crippen LogP contribution is -2.28. The van der Waals surface area contributed by atoms with Gasteiger partial charge < -0.3 is 14.2 Å². The first-order valence-corrected chi connectivity index (χ1v) is 18.2. The molecular weight excluding hydrogens is 661 g/mol. The Kier molecular flexibility index (Phi) is 9.65. The lowest BCUT2D eigenvalue weighted by molar-refractivity contribution is -0.128. The Labute approximate surface area is 299 Å². The van der Waals surface area contributed by atoms with Gasteiger partial charge in [-0.15, -0.1) is 0 Å². The summed E-state index contributed by atoms with van der Waals surface area (Å²) in [4.78, 5) is 45.1. The van der Waals surface area contributed by atoms with Gasteiger partial charge in [0.15, 0.2) is 5.78 Å². The van der Waals surface area contributed by atoms with Gasteiger partial charge in [-0.3, -0.25) is 9.59 Å². The van der Waals surface area contributed by atoms with Crippen molar-refractivity contribution < 1.29 is 14.0 Å². The van der Waals surface area contributed by atoms with E-state index in [0.29, 0.717) is 24.1 Å². The Bertz CT molecular complexity index is 2350. The molecule has 0 saturated carbocycles. The number of amides is 1. The molecule has 1 aliphatic heterocycles. The number of aryl methyl sites for hydroxylation is 1. The Morgan fingerprint density at radius 1 is 0.920 bits per heavy atom. The number of benzene rings is 4. The Balaban J connectivity index is 1.23. The van der Waals surface area contributed by atoms with Gasteiger partial charge in [0.1, 0.15) is 5.58 Å². The normalized spacial score (nSPS) is 16.0. The van der Waals surface area contributed by atoms with E-state index in [1.807, 2.05) is 79.7 Å². The van der Waals surface area contributed by atoms with Crippen LogP contribution >= 0.6 is 23.5 Å². The molecular formula is C42H36N2O4S2. The Morgan fingerprint density at radius 3 is 2.56 bits per heavy atom. The monoisotopic (exact) mass is 696 g/mol. The molecule has 4 aromatic carbocycles. The summed E-state index contributed by atoms with van der Waals surface area (Å²) in [6.07, 6.45) is 9.97. The quantitative estimate of drug-likeness (QED) is 0.0864. The lowest BCUT2D eigenvalue weighted by Gasteiger charge is -2.21. The largest absolute Gasteiger partial charge is 0.423 e. The zero-order chi connectivity index (χ0) is 34.8. The van der Waals surface area contributed by atoms with Gasteiger partial charge in [0.25, 0.3) is 0 Å². The maximum atomic E-state index is 13.4. The number of carbonyl (C=O) groups excluding carboxylic acids is 2. The number of allylic oxidation sites excluding steroid dienone is 6. The lowest BCUT2D eigenvalue weighted by atomic mass is 10.0. The molecule has 5 aromatic rings. The molecule has 0 N–H and O–H groups in total. The van der Waals surface area contributed by atoms with Crippen molar-refractivity contribution in [3.8, 4) is 0 Å². The first-order valence-electron chi connectivity index (χ1n) is 16.6. The third kappa shape index (κ3) is 7.13. The summed E-state index contributed by atoms with van der Waals surface area (Å²) in [7, 11) is 3.57. The number of thioether (sulfide) groups is 2. The molecule has 0 spiro atoms. The number of ketones is 1. The van der Waals surface area contributed by atoms with Crippen LogP contribution in [0.3, 0.4) is 0 Å². The van der Waals surface area contributed by atoms with Crippen LogP contribution in [0.4, 0.5) is 5.69 Å². The molecule has 7 rings (SSSR count). The summed E-state index contributed by atoms with van der Waals surface area (Å²) in [6, 6.07) is 29.6. The molecule has 50 heavy (non-hydrogen) atoms. The molecule has 2 heterocycles. The minimum atomic E-state index is -0.368. The van der Waals surface area contributed by atoms with Crippen LogP contribution in [0.2, 0.25) is 0 Å². The highest BCUT2D eigenvalue weighted by Gasteiger charge is 2.26. The van der Waals surface area contributed by atoms with Crippen LogP contribution in [-0.2, 0) is 4.79 Å². The van der Waals surface area contributed by atoms with Gasteiger partial charge in [-0.2, -0.15) is 0 Å². The van der Waals surface area contributed by atoms with Gasteiger partial charge in [0.05, 0.1) is 10.7 Å². The highest BCUT2D eigenvalue weighted by molar-refractivity contribution is 8.04. The average Bonchev–Trinajstić information content (AvgIpc) is 3.67. The van der Waals surface area contributed by atoms with Gasteiger partial charge in [0, 0.05) is 58.8 Å². The predicted molar refractivity (Wildman–Crippen MR) is 206 cm³/mol. The van der Waals surface area contributed by atoms with Crippen molar-refractivity contribution in [2.45, 2.75) is 36.0 Å². The number of hydrogen-bond acceptors (Lipinski definition) is 7. The zero-order valence-corrected chi connectivity index (χ0v) is 29.8. The van der Waals surface area contributed by atoms with Crippen molar-refractivity contribution in [3.05, 3.63) is 158 Å². The smallest absolute Gasteiger partial charge is 0.336 e. The fraction of sp³-hybridized carbons (Fsp3) is 0.167. The van der Waals surface area contributed by atoms with Crippen LogP contribution < -0.4 is 10.5 Å². The molecule has 1 aliphatic carbocycles. The molecule has 1 amide bonds. The number of anilines is 1. The van der Waals surface area contributed by atoms with E-state index in [-0.39, 0.29) is 17.3 Å². The summed E-state index contributed by atoms with van der Waals surface area (Å²) in [5.41, 5.74) is 5.06. The maximum absolute atomic E-state index is 13.4. The molecule has 0 bridgehead atoms. The van der Waals surface area contributed by atoms with Gasteiger partial charge in [-0.25, -0.2) is 4.79 Å². The fourth-order valence-corrected chi connectivity index (χ4v) is 8.49. The van der Waals surface area contributed by atoms with Gasteiger partial charge >= 0.3 is 5.63 Å². The predicted octanol–water partition coefficient (Wildman–Crippen LogP) is 9.69. The van der Waals surface area contributed by atoms with E-state index in [1.165, 1.54) is 6.07 Å². The number of fused-ring (bicyclic) bond motifs is 3. The molecule has 250 valence electrons. The maximum Gasteiger partial charge on any atom is 0.336 e. The number of carbonyl (C=O) groups is 2. The molecule has 0 saturated heterocycles. The first-order chi connectivity index (χ1) is 24.2. The Morgan fingerprint density at radius 2 is 1.72 bits per heavy atom. The van der Waals surface area contributed by atoms with Crippen molar-refractivity contribution in [1.82, 2.24) is 4.90 Å².